The third kappa shape index (κ3) is 12.1. The van der Waals surface area contributed by atoms with Crippen molar-refractivity contribution in [2.75, 3.05) is 45.1 Å². The van der Waals surface area contributed by atoms with Crippen LogP contribution in [-0.2, 0) is 60.4 Å². The number of sulfonamides is 1. The zero-order chi connectivity index (χ0) is 41.0. The first kappa shape index (κ1) is 43.9. The molecule has 1 saturated heterocycles. The summed E-state index contributed by atoms with van der Waals surface area (Å²) in [5, 5.41) is 19.1. The van der Waals surface area contributed by atoms with E-state index in [9.17, 15) is 41.5 Å². The van der Waals surface area contributed by atoms with E-state index in [2.05, 4.69) is 5.32 Å². The van der Waals surface area contributed by atoms with Gasteiger partial charge in [0.2, 0.25) is 22.6 Å². The fraction of sp³-hybridized carbons (Fsp3) is 0.429. The minimum absolute atomic E-state index is 0.0490. The summed E-state index contributed by atoms with van der Waals surface area (Å²) in [6.07, 6.45) is 0.166. The predicted octanol–water partition coefficient (Wildman–Crippen LogP) is 3.95. The Labute approximate surface area is 324 Å². The maximum atomic E-state index is 13.8. The van der Waals surface area contributed by atoms with Crippen molar-refractivity contribution < 1.29 is 74.3 Å². The number of aliphatic hydroxyl groups is 1. The number of nitrogens with zero attached hydrogens (tertiary/aromatic N) is 1. The lowest BCUT2D eigenvalue weighted by Crippen LogP contribution is -2.62. The van der Waals surface area contributed by atoms with Gasteiger partial charge in [0.15, 0.2) is 0 Å². The topological polar surface area (TPSA) is 232 Å². The number of nitrogens with two attached hydrogens (primary N) is 1. The van der Waals surface area contributed by atoms with Crippen LogP contribution in [0.1, 0.15) is 54.8 Å². The van der Waals surface area contributed by atoms with Crippen LogP contribution < -0.4 is 10.5 Å². The van der Waals surface area contributed by atoms with Gasteiger partial charge in [-0.05, 0) is 56.7 Å². The van der Waals surface area contributed by atoms with Crippen LogP contribution in [0.15, 0.2) is 58.0 Å². The van der Waals surface area contributed by atoms with Crippen LogP contribution in [0.3, 0.4) is 0 Å². The van der Waals surface area contributed by atoms with Gasteiger partial charge < -0.3 is 43.3 Å². The molecule has 3 aromatic rings. The Kier molecular flexibility index (Phi) is 15.5. The summed E-state index contributed by atoms with van der Waals surface area (Å²) in [6.45, 7) is 1.63. The molecular weight excluding hydrogens is 792 g/mol. The Hall–Kier alpha value is -4.86. The Balaban J connectivity index is 1.10. The van der Waals surface area contributed by atoms with E-state index in [0.29, 0.717) is 11.8 Å². The van der Waals surface area contributed by atoms with Gasteiger partial charge in [-0.15, -0.1) is 0 Å². The number of halogens is 3. The quantitative estimate of drug-likeness (QED) is 0.0713. The number of carbonyl (C=O) groups excluding carboxylic acids is 4. The number of esters is 3. The van der Waals surface area contributed by atoms with E-state index >= 15 is 0 Å². The number of anilines is 1. The summed E-state index contributed by atoms with van der Waals surface area (Å²) in [5.41, 5.74) is -0.228. The number of hydrogen-bond acceptors (Lipinski definition) is 15. The van der Waals surface area contributed by atoms with Crippen LogP contribution in [0.5, 0.6) is 0 Å². The first-order valence-electron chi connectivity index (χ1n) is 17.0. The second kappa shape index (κ2) is 19.8. The van der Waals surface area contributed by atoms with Crippen LogP contribution >= 0.6 is 11.6 Å². The summed E-state index contributed by atoms with van der Waals surface area (Å²) in [5.74, 6) is -5.93. The zero-order valence-corrected chi connectivity index (χ0v) is 31.7. The Bertz CT molecular complexity index is 1950. The summed E-state index contributed by atoms with van der Waals surface area (Å²) >= 11 is 6.08. The molecule has 1 aromatic heterocycles. The van der Waals surface area contributed by atoms with Crippen LogP contribution in [-0.4, -0.2) is 94.3 Å². The number of morpholine rings is 1. The summed E-state index contributed by atoms with van der Waals surface area (Å²) < 4.78 is 87.8. The van der Waals surface area contributed by atoms with E-state index in [0.717, 1.165) is 23.1 Å². The number of carbonyl (C=O) groups is 4. The molecule has 1 amide bonds. The van der Waals surface area contributed by atoms with Gasteiger partial charge in [-0.2, -0.15) is 0 Å². The van der Waals surface area contributed by atoms with E-state index in [1.165, 1.54) is 19.3 Å². The SMILES string of the molecule is C[C@@H]1CO[C@@](O)(c2cc(F)cc(F)c2)[C@H](C)N1C(=O)OCOC(=O)CCCC(=O)OCCOCCOC(=O)c1cc(S(N)(=O)=O)c(Cl)cc1NCc1ccco1. The van der Waals surface area contributed by atoms with Gasteiger partial charge in [0.25, 0.3) is 0 Å². The van der Waals surface area contributed by atoms with Crippen molar-refractivity contribution in [3.63, 3.8) is 0 Å². The minimum Gasteiger partial charge on any atom is -0.467 e. The molecular formula is C35H40ClF2N3O14S. The van der Waals surface area contributed by atoms with Crippen LogP contribution in [0.25, 0.3) is 0 Å². The number of benzene rings is 2. The molecule has 306 valence electrons. The molecule has 0 spiro atoms. The number of primary sulfonamides is 1. The highest BCUT2D eigenvalue weighted by Crippen LogP contribution is 2.36. The molecule has 0 saturated carbocycles. The fourth-order valence-electron chi connectivity index (χ4n) is 5.45. The van der Waals surface area contributed by atoms with E-state index in [1.54, 1.807) is 19.1 Å². The molecule has 1 aliphatic rings. The highest BCUT2D eigenvalue weighted by molar-refractivity contribution is 7.89. The third-order valence-corrected chi connectivity index (χ3v) is 9.61. The van der Waals surface area contributed by atoms with Crippen molar-refractivity contribution in [2.24, 2.45) is 5.14 Å². The molecule has 2 aromatic carbocycles. The summed E-state index contributed by atoms with van der Waals surface area (Å²) in [4.78, 5) is 50.5. The summed E-state index contributed by atoms with van der Waals surface area (Å²) in [7, 11) is -4.26. The maximum absolute atomic E-state index is 13.8. The highest BCUT2D eigenvalue weighted by atomic mass is 35.5. The normalized spacial score (nSPS) is 18.2. The third-order valence-electron chi connectivity index (χ3n) is 8.24. The number of rotatable bonds is 18. The van der Waals surface area contributed by atoms with Gasteiger partial charge in [0.1, 0.15) is 35.5 Å². The number of nitrogens with one attached hydrogen (secondary N) is 1. The molecule has 0 unspecified atom stereocenters. The monoisotopic (exact) mass is 831 g/mol. The van der Waals surface area contributed by atoms with Crippen molar-refractivity contribution in [1.82, 2.24) is 4.90 Å². The zero-order valence-electron chi connectivity index (χ0n) is 30.2. The fourth-order valence-corrected chi connectivity index (χ4v) is 6.55. The smallest absolute Gasteiger partial charge is 0.413 e. The van der Waals surface area contributed by atoms with E-state index < -0.39 is 75.2 Å². The van der Waals surface area contributed by atoms with E-state index in [-0.39, 0.29) is 80.7 Å². The number of ether oxygens (including phenoxy) is 6. The first-order chi connectivity index (χ1) is 26.5. The van der Waals surface area contributed by atoms with Crippen LogP contribution in [0.4, 0.5) is 19.3 Å². The van der Waals surface area contributed by atoms with Gasteiger partial charge in [0.05, 0.1) is 61.0 Å². The lowest BCUT2D eigenvalue weighted by Gasteiger charge is -2.47. The largest absolute Gasteiger partial charge is 0.467 e. The average molecular weight is 832 g/mol. The Morgan fingerprint density at radius 2 is 1.64 bits per heavy atom. The number of furan rings is 1. The lowest BCUT2D eigenvalue weighted by atomic mass is 9.94. The van der Waals surface area contributed by atoms with Gasteiger partial charge >= 0.3 is 24.0 Å². The molecule has 4 N–H and O–H groups in total. The number of hydrogen-bond donors (Lipinski definition) is 3. The molecule has 21 heteroatoms. The first-order valence-corrected chi connectivity index (χ1v) is 18.9. The Morgan fingerprint density at radius 1 is 0.982 bits per heavy atom. The van der Waals surface area contributed by atoms with Gasteiger partial charge in [-0.3, -0.25) is 14.5 Å². The highest BCUT2D eigenvalue weighted by Gasteiger charge is 2.49. The molecule has 2 heterocycles. The molecule has 1 aliphatic heterocycles. The predicted molar refractivity (Wildman–Crippen MR) is 189 cm³/mol. The maximum Gasteiger partial charge on any atom is 0.413 e. The van der Waals surface area contributed by atoms with E-state index in [1.807, 2.05) is 0 Å². The van der Waals surface area contributed by atoms with Crippen molar-refractivity contribution in [2.45, 2.75) is 62.4 Å². The Morgan fingerprint density at radius 3 is 2.29 bits per heavy atom. The number of amides is 1. The molecule has 17 nitrogen and oxygen atoms in total. The lowest BCUT2D eigenvalue weighted by molar-refractivity contribution is -0.280. The van der Waals surface area contributed by atoms with Crippen LogP contribution in [0.2, 0.25) is 5.02 Å². The molecule has 0 radical (unpaired) electrons. The minimum atomic E-state index is -4.26. The average Bonchev–Trinajstić information content (AvgIpc) is 3.65. The van der Waals surface area contributed by atoms with Crippen molar-refractivity contribution in [3.8, 4) is 0 Å². The van der Waals surface area contributed by atoms with Gasteiger partial charge in [-0.25, -0.2) is 31.9 Å². The van der Waals surface area contributed by atoms with Crippen molar-refractivity contribution in [3.05, 3.63) is 82.3 Å². The second-order valence-electron chi connectivity index (χ2n) is 12.3. The molecule has 56 heavy (non-hydrogen) atoms. The van der Waals surface area contributed by atoms with Crippen molar-refractivity contribution >= 4 is 51.3 Å². The second-order valence-corrected chi connectivity index (χ2v) is 14.2. The standard InChI is InChI=1S/C35H40ClF2N3O14S/c1-21-19-55-35(46,23-13-24(37)15-25(38)14-23)22(2)41(21)34(45)54-20-53-32(43)7-3-6-31(42)51-11-9-49-10-12-52-33(44)27-16-30(56(39,47)48)28(36)17-29(27)40-18-26-5-4-8-50-26/h4-5,8,13-17,21-22,40,46H,3,6-7,9-12,18-20H2,1-2H3,(H2,39,47,48)/t21-,22+,35-/m1/s1. The molecule has 1 fully saturated rings. The van der Waals surface area contributed by atoms with Gasteiger partial charge in [-0.1, -0.05) is 11.6 Å². The molecule has 0 bridgehead atoms. The molecule has 0 aliphatic carbocycles. The van der Waals surface area contributed by atoms with Crippen LogP contribution in [0, 0.1) is 11.6 Å². The van der Waals surface area contributed by atoms with Crippen molar-refractivity contribution in [1.29, 1.82) is 0 Å². The van der Waals surface area contributed by atoms with E-state index in [4.69, 9.17) is 49.6 Å². The molecule has 3 atom stereocenters. The molecule has 4 rings (SSSR count). The van der Waals surface area contributed by atoms with Gasteiger partial charge in [0, 0.05) is 24.5 Å². The summed E-state index contributed by atoms with van der Waals surface area (Å²) in [6, 6.07) is 6.19.